The van der Waals surface area contributed by atoms with Crippen molar-refractivity contribution < 1.29 is 19.1 Å². The van der Waals surface area contributed by atoms with Crippen LogP contribution in [0.3, 0.4) is 0 Å². The van der Waals surface area contributed by atoms with Crippen molar-refractivity contribution in [3.05, 3.63) is 60.2 Å². The lowest BCUT2D eigenvalue weighted by atomic mass is 10.1. The molecule has 30 heavy (non-hydrogen) atoms. The van der Waals surface area contributed by atoms with Crippen LogP contribution in [0.5, 0.6) is 11.5 Å². The van der Waals surface area contributed by atoms with Crippen LogP contribution >= 0.6 is 0 Å². The molecule has 0 unspecified atom stereocenters. The van der Waals surface area contributed by atoms with E-state index in [0.717, 1.165) is 30.9 Å². The number of benzene rings is 2. The van der Waals surface area contributed by atoms with Gasteiger partial charge in [0.2, 0.25) is 5.91 Å². The molecule has 0 aromatic heterocycles. The predicted octanol–water partition coefficient (Wildman–Crippen LogP) is 2.67. The smallest absolute Gasteiger partial charge is 0.276 e. The van der Waals surface area contributed by atoms with Crippen LogP contribution < -0.4 is 20.3 Å². The van der Waals surface area contributed by atoms with Gasteiger partial charge >= 0.3 is 0 Å². The molecule has 0 bridgehead atoms. The fourth-order valence-corrected chi connectivity index (χ4v) is 3.20. The van der Waals surface area contributed by atoms with E-state index < -0.39 is 5.91 Å². The normalized spacial score (nSPS) is 14.0. The van der Waals surface area contributed by atoms with Crippen LogP contribution in [0.25, 0.3) is 0 Å². The molecular formula is C23H29N3O4. The molecule has 2 amide bonds. The first-order valence-corrected chi connectivity index (χ1v) is 10.4. The van der Waals surface area contributed by atoms with Crippen LogP contribution in [0.1, 0.15) is 31.2 Å². The molecule has 2 N–H and O–H groups in total. The fraction of sp³-hybridized carbons (Fsp3) is 0.391. The minimum absolute atomic E-state index is 0.184. The van der Waals surface area contributed by atoms with E-state index in [-0.39, 0.29) is 12.5 Å². The van der Waals surface area contributed by atoms with Gasteiger partial charge in [0.1, 0.15) is 18.1 Å². The highest BCUT2D eigenvalue weighted by molar-refractivity contribution is 5.82. The zero-order valence-electron chi connectivity index (χ0n) is 17.1. The van der Waals surface area contributed by atoms with Crippen LogP contribution in [0.4, 0.5) is 0 Å². The summed E-state index contributed by atoms with van der Waals surface area (Å²) in [5.74, 6) is 0.657. The molecule has 1 saturated heterocycles. The summed E-state index contributed by atoms with van der Waals surface area (Å²) in [6.45, 7) is 3.11. The summed E-state index contributed by atoms with van der Waals surface area (Å²) in [7, 11) is 0. The summed E-state index contributed by atoms with van der Waals surface area (Å²) in [5, 5.41) is 0. The monoisotopic (exact) mass is 411 g/mol. The average molecular weight is 412 g/mol. The quantitative estimate of drug-likeness (QED) is 0.620. The van der Waals surface area contributed by atoms with E-state index in [2.05, 4.69) is 15.8 Å². The number of rotatable bonds is 9. The van der Waals surface area contributed by atoms with Gasteiger partial charge < -0.3 is 14.4 Å². The number of piperidine rings is 1. The minimum Gasteiger partial charge on any atom is -0.489 e. The number of nitrogens with zero attached hydrogens (tertiary/aromatic N) is 1. The number of carbonyl (C=O) groups is 2. The van der Waals surface area contributed by atoms with Gasteiger partial charge in [0.15, 0.2) is 6.61 Å². The Morgan fingerprint density at radius 3 is 2.13 bits per heavy atom. The van der Waals surface area contributed by atoms with Crippen LogP contribution in [-0.2, 0) is 16.2 Å². The summed E-state index contributed by atoms with van der Waals surface area (Å²) in [6, 6.07) is 17.0. The van der Waals surface area contributed by atoms with Gasteiger partial charge in [-0.15, -0.1) is 0 Å². The topological polar surface area (TPSA) is 79.9 Å². The van der Waals surface area contributed by atoms with Gasteiger partial charge in [-0.25, -0.2) is 0 Å². The lowest BCUT2D eigenvalue weighted by Crippen LogP contribution is -2.45. The molecule has 1 fully saturated rings. The van der Waals surface area contributed by atoms with Crippen LogP contribution in [0, 0.1) is 0 Å². The standard InChI is InChI=1S/C23H29N3O4/c27-22(13-16-26-14-5-2-6-15-26)24-25-23(28)18-30-21-11-9-20(10-12-21)29-17-19-7-3-1-4-8-19/h1,3-4,7-12H,2,5-6,13-18H2,(H,24,27)(H,25,28). The predicted molar refractivity (Wildman–Crippen MR) is 114 cm³/mol. The third-order valence-electron chi connectivity index (χ3n) is 4.89. The maximum Gasteiger partial charge on any atom is 0.276 e. The Hall–Kier alpha value is -3.06. The molecule has 3 rings (SSSR count). The second-order valence-electron chi connectivity index (χ2n) is 7.28. The molecule has 2 aromatic carbocycles. The Labute approximate surface area is 177 Å². The number of amides is 2. The number of hydrogen-bond acceptors (Lipinski definition) is 5. The minimum atomic E-state index is -0.411. The summed E-state index contributed by atoms with van der Waals surface area (Å²) in [4.78, 5) is 26.0. The van der Waals surface area contributed by atoms with Gasteiger partial charge in [0.05, 0.1) is 0 Å². The Morgan fingerprint density at radius 1 is 0.800 bits per heavy atom. The molecular weight excluding hydrogens is 382 g/mol. The Balaban J connectivity index is 1.29. The van der Waals surface area contributed by atoms with E-state index >= 15 is 0 Å². The van der Waals surface area contributed by atoms with E-state index in [1.54, 1.807) is 24.3 Å². The molecule has 1 aliphatic heterocycles. The van der Waals surface area contributed by atoms with E-state index in [1.807, 2.05) is 30.3 Å². The van der Waals surface area contributed by atoms with Crippen LogP contribution in [-0.4, -0.2) is 43.0 Å². The Bertz CT molecular complexity index is 790. The molecule has 0 atom stereocenters. The van der Waals surface area contributed by atoms with Crippen molar-refractivity contribution in [2.45, 2.75) is 32.3 Å². The molecule has 160 valence electrons. The molecule has 2 aromatic rings. The van der Waals surface area contributed by atoms with Crippen LogP contribution in [0.15, 0.2) is 54.6 Å². The van der Waals surface area contributed by atoms with Crippen molar-refractivity contribution in [3.63, 3.8) is 0 Å². The summed E-state index contributed by atoms with van der Waals surface area (Å²) in [5.41, 5.74) is 5.91. The Kier molecular flexibility index (Phi) is 8.53. The molecule has 0 saturated carbocycles. The summed E-state index contributed by atoms with van der Waals surface area (Å²) >= 11 is 0. The van der Waals surface area contributed by atoms with Crippen molar-refractivity contribution in [3.8, 4) is 11.5 Å². The highest BCUT2D eigenvalue weighted by Gasteiger charge is 2.12. The number of carbonyl (C=O) groups excluding carboxylic acids is 2. The van der Waals surface area contributed by atoms with Gasteiger partial charge in [0, 0.05) is 13.0 Å². The van der Waals surface area contributed by atoms with Crippen molar-refractivity contribution in [2.75, 3.05) is 26.2 Å². The van der Waals surface area contributed by atoms with Crippen LogP contribution in [0.2, 0.25) is 0 Å². The third kappa shape index (κ3) is 7.75. The number of ether oxygens (including phenoxy) is 2. The van der Waals surface area contributed by atoms with E-state index in [0.29, 0.717) is 18.8 Å². The molecule has 7 heteroatoms. The number of hydrazine groups is 1. The van der Waals surface area contributed by atoms with Crippen molar-refractivity contribution in [2.24, 2.45) is 0 Å². The third-order valence-corrected chi connectivity index (χ3v) is 4.89. The lowest BCUT2D eigenvalue weighted by molar-refractivity contribution is -0.130. The highest BCUT2D eigenvalue weighted by atomic mass is 16.5. The number of hydrogen-bond donors (Lipinski definition) is 2. The average Bonchev–Trinajstić information content (AvgIpc) is 2.80. The summed E-state index contributed by atoms with van der Waals surface area (Å²) in [6.07, 6.45) is 4.01. The highest BCUT2D eigenvalue weighted by Crippen LogP contribution is 2.18. The van der Waals surface area contributed by atoms with E-state index in [9.17, 15) is 9.59 Å². The maximum absolute atomic E-state index is 11.9. The first-order valence-electron chi connectivity index (χ1n) is 10.4. The first kappa shape index (κ1) is 21.6. The van der Waals surface area contributed by atoms with Gasteiger partial charge in [-0.2, -0.15) is 0 Å². The lowest BCUT2D eigenvalue weighted by Gasteiger charge is -2.25. The molecule has 1 aliphatic rings. The number of likely N-dealkylation sites (tertiary alicyclic amines) is 1. The van der Waals surface area contributed by atoms with Crippen molar-refractivity contribution in [1.82, 2.24) is 15.8 Å². The molecule has 0 radical (unpaired) electrons. The van der Waals surface area contributed by atoms with Crippen molar-refractivity contribution in [1.29, 1.82) is 0 Å². The molecule has 1 heterocycles. The van der Waals surface area contributed by atoms with Gasteiger partial charge in [-0.3, -0.25) is 20.4 Å². The molecule has 0 aliphatic carbocycles. The first-order chi connectivity index (χ1) is 14.7. The van der Waals surface area contributed by atoms with E-state index in [1.165, 1.54) is 19.3 Å². The maximum atomic E-state index is 11.9. The van der Waals surface area contributed by atoms with Gasteiger partial charge in [-0.1, -0.05) is 36.8 Å². The van der Waals surface area contributed by atoms with E-state index in [4.69, 9.17) is 9.47 Å². The van der Waals surface area contributed by atoms with Gasteiger partial charge in [0.25, 0.3) is 5.91 Å². The second-order valence-corrected chi connectivity index (χ2v) is 7.28. The summed E-state index contributed by atoms with van der Waals surface area (Å²) < 4.78 is 11.2. The largest absolute Gasteiger partial charge is 0.489 e. The second kappa shape index (κ2) is 11.8. The zero-order valence-corrected chi connectivity index (χ0v) is 17.1. The van der Waals surface area contributed by atoms with Gasteiger partial charge in [-0.05, 0) is 55.8 Å². The Morgan fingerprint density at radius 2 is 1.43 bits per heavy atom. The van der Waals surface area contributed by atoms with Crippen molar-refractivity contribution >= 4 is 11.8 Å². The SMILES string of the molecule is O=C(CCN1CCCCC1)NNC(=O)COc1ccc(OCc2ccccc2)cc1. The molecule has 7 nitrogen and oxygen atoms in total. The number of nitrogens with one attached hydrogen (secondary N) is 2. The fourth-order valence-electron chi connectivity index (χ4n) is 3.20. The molecule has 0 spiro atoms. The zero-order chi connectivity index (χ0) is 21.0.